The first-order valence-electron chi connectivity index (χ1n) is 9.77. The summed E-state index contributed by atoms with van der Waals surface area (Å²) in [7, 11) is 0. The summed E-state index contributed by atoms with van der Waals surface area (Å²) in [5.41, 5.74) is 1.63. The molecule has 0 unspecified atom stereocenters. The van der Waals surface area contributed by atoms with E-state index in [4.69, 9.17) is 9.84 Å². The Morgan fingerprint density at radius 1 is 1.03 bits per heavy atom. The van der Waals surface area contributed by atoms with Gasteiger partial charge in [-0.3, -0.25) is 0 Å². The van der Waals surface area contributed by atoms with Crippen molar-refractivity contribution < 1.29 is 23.4 Å². The molecule has 0 aromatic heterocycles. The molecule has 1 fully saturated rings. The highest BCUT2D eigenvalue weighted by atomic mass is 19.1. The van der Waals surface area contributed by atoms with E-state index in [1.165, 1.54) is 30.3 Å². The van der Waals surface area contributed by atoms with E-state index in [1.54, 1.807) is 30.3 Å². The number of ether oxygens (including phenoxy) is 1. The first-order valence-corrected chi connectivity index (χ1v) is 9.77. The smallest absolute Gasteiger partial charge is 0.327 e. The molecule has 0 bridgehead atoms. The lowest BCUT2D eigenvalue weighted by Gasteiger charge is -2.31. The number of piperidine rings is 1. The fraction of sp³-hybridized carbons (Fsp3) is 0.348. The van der Waals surface area contributed by atoms with Gasteiger partial charge in [-0.1, -0.05) is 30.3 Å². The molecule has 1 heterocycles. The quantitative estimate of drug-likeness (QED) is 0.665. The number of aliphatic carboxylic acids is 1. The maximum Gasteiger partial charge on any atom is 0.327 e. The van der Waals surface area contributed by atoms with Gasteiger partial charge in [-0.2, -0.15) is 0 Å². The summed E-state index contributed by atoms with van der Waals surface area (Å²) >= 11 is 0. The number of likely N-dealkylation sites (tertiary alicyclic amines) is 1. The van der Waals surface area contributed by atoms with Gasteiger partial charge in [0.15, 0.2) is 0 Å². The second-order valence-corrected chi connectivity index (χ2v) is 7.23. The Balaban J connectivity index is 1.56. The predicted octanol–water partition coefficient (Wildman–Crippen LogP) is 4.42. The summed E-state index contributed by atoms with van der Waals surface area (Å²) in [4.78, 5) is 12.9. The number of benzene rings is 2. The molecular weight excluding hydrogens is 376 g/mol. The molecule has 4 nitrogen and oxygen atoms in total. The summed E-state index contributed by atoms with van der Waals surface area (Å²) in [5, 5.41) is 8.73. The number of carboxylic acids is 1. The molecule has 0 saturated carbocycles. The highest BCUT2D eigenvalue weighted by Crippen LogP contribution is 2.27. The van der Waals surface area contributed by atoms with Gasteiger partial charge in [-0.05, 0) is 67.2 Å². The highest BCUT2D eigenvalue weighted by Gasteiger charge is 2.19. The zero-order chi connectivity index (χ0) is 20.6. The van der Waals surface area contributed by atoms with Crippen LogP contribution in [0.1, 0.15) is 30.1 Å². The van der Waals surface area contributed by atoms with Crippen LogP contribution in [0.5, 0.6) is 0 Å². The summed E-state index contributed by atoms with van der Waals surface area (Å²) in [6, 6.07) is 12.3. The number of allylic oxidation sites excluding steroid dienone is 1. The Hall–Kier alpha value is -2.57. The van der Waals surface area contributed by atoms with Crippen LogP contribution in [-0.4, -0.2) is 42.2 Å². The van der Waals surface area contributed by atoms with Crippen molar-refractivity contribution in [2.45, 2.75) is 18.9 Å². The molecule has 6 heteroatoms. The second-order valence-electron chi connectivity index (χ2n) is 7.23. The number of halogens is 2. The Kier molecular flexibility index (Phi) is 7.49. The standard InChI is InChI=1S/C23H25F2NO3/c24-20-6-2-18(3-7-20)23(19-4-8-21(25)9-5-19)29-16-15-26-13-11-17(12-14-26)1-10-22(27)28/h1-10,17,23H,11-16H2,(H,27,28). The Labute approximate surface area is 169 Å². The first kappa shape index (κ1) is 21.1. The van der Waals surface area contributed by atoms with Gasteiger partial charge in [-0.15, -0.1) is 0 Å². The molecule has 0 aliphatic carbocycles. The number of hydrogen-bond acceptors (Lipinski definition) is 3. The summed E-state index contributed by atoms with van der Waals surface area (Å²) in [6.07, 6.45) is 4.44. The molecule has 2 aromatic rings. The van der Waals surface area contributed by atoms with E-state index in [-0.39, 0.29) is 11.6 Å². The first-order chi connectivity index (χ1) is 14.0. The van der Waals surface area contributed by atoms with E-state index >= 15 is 0 Å². The minimum absolute atomic E-state index is 0.300. The van der Waals surface area contributed by atoms with Crippen molar-refractivity contribution in [3.8, 4) is 0 Å². The van der Waals surface area contributed by atoms with Crippen LogP contribution in [0.15, 0.2) is 60.7 Å². The van der Waals surface area contributed by atoms with E-state index in [9.17, 15) is 13.6 Å². The fourth-order valence-electron chi connectivity index (χ4n) is 3.55. The van der Waals surface area contributed by atoms with E-state index in [2.05, 4.69) is 4.90 Å². The van der Waals surface area contributed by atoms with Crippen LogP contribution < -0.4 is 0 Å². The van der Waals surface area contributed by atoms with Crippen LogP contribution in [0, 0.1) is 17.6 Å². The number of carbonyl (C=O) groups is 1. The van der Waals surface area contributed by atoms with Gasteiger partial charge in [0, 0.05) is 12.6 Å². The van der Waals surface area contributed by atoms with Crippen LogP contribution in [0.3, 0.4) is 0 Å². The third-order valence-corrected chi connectivity index (χ3v) is 5.18. The van der Waals surface area contributed by atoms with Crippen LogP contribution in [0.4, 0.5) is 8.78 Å². The van der Waals surface area contributed by atoms with Crippen LogP contribution >= 0.6 is 0 Å². The van der Waals surface area contributed by atoms with Gasteiger partial charge in [0.2, 0.25) is 0 Å². The molecule has 3 rings (SSSR count). The van der Waals surface area contributed by atoms with Crippen molar-refractivity contribution >= 4 is 5.97 Å². The Morgan fingerprint density at radius 3 is 2.03 bits per heavy atom. The lowest BCUT2D eigenvalue weighted by molar-refractivity contribution is -0.131. The molecule has 0 spiro atoms. The normalized spacial score (nSPS) is 16.0. The van der Waals surface area contributed by atoms with E-state index in [0.29, 0.717) is 12.5 Å². The van der Waals surface area contributed by atoms with Crippen molar-refractivity contribution in [2.24, 2.45) is 5.92 Å². The van der Waals surface area contributed by atoms with Crippen LogP contribution in [0.25, 0.3) is 0 Å². The maximum absolute atomic E-state index is 13.3. The molecular formula is C23H25F2NO3. The van der Waals surface area contributed by atoms with Gasteiger partial charge in [0.05, 0.1) is 6.61 Å². The van der Waals surface area contributed by atoms with Crippen molar-refractivity contribution in [2.75, 3.05) is 26.2 Å². The van der Waals surface area contributed by atoms with Crippen molar-refractivity contribution in [1.29, 1.82) is 0 Å². The van der Waals surface area contributed by atoms with Gasteiger partial charge in [0.1, 0.15) is 17.7 Å². The highest BCUT2D eigenvalue weighted by molar-refractivity contribution is 5.79. The molecule has 29 heavy (non-hydrogen) atoms. The minimum atomic E-state index is -0.909. The molecule has 0 atom stereocenters. The Bertz CT molecular complexity index is 768. The van der Waals surface area contributed by atoms with E-state index in [0.717, 1.165) is 43.6 Å². The Morgan fingerprint density at radius 2 is 1.55 bits per heavy atom. The zero-order valence-corrected chi connectivity index (χ0v) is 16.1. The van der Waals surface area contributed by atoms with Gasteiger partial charge in [0.25, 0.3) is 0 Å². The second kappa shape index (κ2) is 10.3. The molecule has 1 saturated heterocycles. The lowest BCUT2D eigenvalue weighted by atomic mass is 9.96. The predicted molar refractivity (Wildman–Crippen MR) is 107 cm³/mol. The monoisotopic (exact) mass is 401 g/mol. The SMILES string of the molecule is O=C(O)C=CC1CCN(CCOC(c2ccc(F)cc2)c2ccc(F)cc2)CC1. The maximum atomic E-state index is 13.3. The third kappa shape index (κ3) is 6.48. The average molecular weight is 401 g/mol. The van der Waals surface area contributed by atoms with E-state index in [1.807, 2.05) is 0 Å². The molecule has 1 aliphatic heterocycles. The van der Waals surface area contributed by atoms with E-state index < -0.39 is 12.1 Å². The van der Waals surface area contributed by atoms with Crippen molar-refractivity contribution in [1.82, 2.24) is 4.90 Å². The molecule has 0 amide bonds. The van der Waals surface area contributed by atoms with Crippen LogP contribution in [0.2, 0.25) is 0 Å². The van der Waals surface area contributed by atoms with Crippen molar-refractivity contribution in [3.05, 3.63) is 83.4 Å². The summed E-state index contributed by atoms with van der Waals surface area (Å²) in [6.45, 7) is 2.99. The molecule has 1 N–H and O–H groups in total. The average Bonchev–Trinajstić information content (AvgIpc) is 2.72. The minimum Gasteiger partial charge on any atom is -0.478 e. The molecule has 154 valence electrons. The molecule has 2 aromatic carbocycles. The molecule has 0 radical (unpaired) electrons. The third-order valence-electron chi connectivity index (χ3n) is 5.18. The lowest BCUT2D eigenvalue weighted by Crippen LogP contribution is -2.35. The zero-order valence-electron chi connectivity index (χ0n) is 16.1. The van der Waals surface area contributed by atoms with Crippen molar-refractivity contribution in [3.63, 3.8) is 0 Å². The fourth-order valence-corrected chi connectivity index (χ4v) is 3.55. The van der Waals surface area contributed by atoms with Gasteiger partial charge < -0.3 is 14.7 Å². The largest absolute Gasteiger partial charge is 0.478 e. The number of nitrogens with zero attached hydrogens (tertiary/aromatic N) is 1. The number of hydrogen-bond donors (Lipinski definition) is 1. The van der Waals surface area contributed by atoms with Gasteiger partial charge >= 0.3 is 5.97 Å². The topological polar surface area (TPSA) is 49.8 Å². The molecule has 1 aliphatic rings. The van der Waals surface area contributed by atoms with Crippen LogP contribution in [-0.2, 0) is 9.53 Å². The summed E-state index contributed by atoms with van der Waals surface area (Å²) in [5.74, 6) is -1.24. The number of carboxylic acid groups (broad SMARTS) is 1. The number of rotatable bonds is 8. The summed E-state index contributed by atoms with van der Waals surface area (Å²) < 4.78 is 32.7. The van der Waals surface area contributed by atoms with Gasteiger partial charge in [-0.25, -0.2) is 13.6 Å².